The van der Waals surface area contributed by atoms with Gasteiger partial charge >= 0.3 is 0 Å². The third-order valence-electron chi connectivity index (χ3n) is 5.92. The van der Waals surface area contributed by atoms with Crippen LogP contribution in [-0.2, 0) is 0 Å². The van der Waals surface area contributed by atoms with Crippen LogP contribution in [0.3, 0.4) is 0 Å². The number of rotatable bonds is 6. The number of aromatic nitrogens is 2. The third-order valence-corrected chi connectivity index (χ3v) is 6.17. The van der Waals surface area contributed by atoms with Crippen LogP contribution < -0.4 is 4.90 Å². The summed E-state index contributed by atoms with van der Waals surface area (Å²) in [6, 6.07) is 15.9. The Balaban J connectivity index is 1.52. The minimum Gasteiger partial charge on any atom is -0.372 e. The number of nitrogens with one attached hydrogen (secondary N) is 1. The summed E-state index contributed by atoms with van der Waals surface area (Å²) in [5.41, 5.74) is 4.25. The molecule has 2 heterocycles. The monoisotopic (exact) mass is 436 g/mol. The number of carbonyl (C=O) groups is 1. The lowest BCUT2D eigenvalue weighted by atomic mass is 9.96. The van der Waals surface area contributed by atoms with E-state index < -0.39 is 0 Å². The van der Waals surface area contributed by atoms with Crippen LogP contribution in [0.2, 0.25) is 5.02 Å². The lowest BCUT2D eigenvalue weighted by Crippen LogP contribution is -2.37. The Morgan fingerprint density at radius 3 is 2.26 bits per heavy atom. The number of hydrogen-bond donors (Lipinski definition) is 1. The van der Waals surface area contributed by atoms with Crippen LogP contribution in [0.25, 0.3) is 22.6 Å². The average molecular weight is 437 g/mol. The molecule has 4 rings (SSSR count). The zero-order valence-electron chi connectivity index (χ0n) is 18.4. The fourth-order valence-electron chi connectivity index (χ4n) is 4.30. The number of H-pyrrole nitrogens is 1. The summed E-state index contributed by atoms with van der Waals surface area (Å²) in [6.45, 7) is 4.90. The smallest absolute Gasteiger partial charge is 0.178 e. The van der Waals surface area contributed by atoms with Gasteiger partial charge in [0.25, 0.3) is 0 Å². The molecule has 5 nitrogen and oxygen atoms in total. The summed E-state index contributed by atoms with van der Waals surface area (Å²) in [7, 11) is 4.30. The largest absolute Gasteiger partial charge is 0.372 e. The second kappa shape index (κ2) is 9.25. The molecule has 1 fully saturated rings. The second-order valence-electron chi connectivity index (χ2n) is 8.61. The van der Waals surface area contributed by atoms with Crippen LogP contribution in [-0.4, -0.2) is 54.4 Å². The number of halogens is 1. The van der Waals surface area contributed by atoms with E-state index >= 15 is 0 Å². The number of Topliss-reactive ketones (excluding diaryl/α,β-unsaturated/α-hetero) is 1. The lowest BCUT2D eigenvalue weighted by Gasteiger charge is -2.34. The highest BCUT2D eigenvalue weighted by molar-refractivity contribution is 6.30. The van der Waals surface area contributed by atoms with Crippen molar-refractivity contribution >= 4 is 23.1 Å². The molecule has 0 unspecified atom stereocenters. The maximum absolute atomic E-state index is 12.2. The van der Waals surface area contributed by atoms with Gasteiger partial charge in [-0.15, -0.1) is 0 Å². The van der Waals surface area contributed by atoms with E-state index in [1.54, 1.807) is 6.92 Å². The van der Waals surface area contributed by atoms with Crippen LogP contribution in [0.15, 0.2) is 48.5 Å². The molecular weight excluding hydrogens is 408 g/mol. The van der Waals surface area contributed by atoms with Crippen LogP contribution in [0.1, 0.15) is 30.3 Å². The number of imidazole rings is 1. The minimum absolute atomic E-state index is 0.0408. The average Bonchev–Trinajstić information content (AvgIpc) is 3.20. The van der Waals surface area contributed by atoms with Gasteiger partial charge in [0.15, 0.2) is 5.78 Å². The van der Waals surface area contributed by atoms with Gasteiger partial charge in [-0.2, -0.15) is 0 Å². The van der Waals surface area contributed by atoms with Gasteiger partial charge in [-0.25, -0.2) is 4.98 Å². The Labute approximate surface area is 189 Å². The Morgan fingerprint density at radius 1 is 1.06 bits per heavy atom. The maximum atomic E-state index is 12.2. The molecule has 0 atom stereocenters. The van der Waals surface area contributed by atoms with Crippen molar-refractivity contribution in [2.45, 2.75) is 19.8 Å². The number of benzene rings is 2. The van der Waals surface area contributed by atoms with Crippen molar-refractivity contribution in [3.63, 3.8) is 0 Å². The van der Waals surface area contributed by atoms with Gasteiger partial charge in [-0.1, -0.05) is 23.7 Å². The summed E-state index contributed by atoms with van der Waals surface area (Å²) in [6.07, 6.45) is 2.45. The molecule has 0 aliphatic carbocycles. The highest BCUT2D eigenvalue weighted by atomic mass is 35.5. The number of hydrogen-bond acceptors (Lipinski definition) is 4. The molecule has 0 saturated carbocycles. The summed E-state index contributed by atoms with van der Waals surface area (Å²) < 4.78 is 0. The Hall–Kier alpha value is -2.63. The highest BCUT2D eigenvalue weighted by Gasteiger charge is 2.21. The van der Waals surface area contributed by atoms with Crippen molar-refractivity contribution in [3.8, 4) is 22.6 Å². The molecule has 0 amide bonds. The maximum Gasteiger partial charge on any atom is 0.178 e. The van der Waals surface area contributed by atoms with E-state index in [4.69, 9.17) is 16.6 Å². The molecule has 1 N–H and O–H groups in total. The molecule has 0 bridgehead atoms. The number of carbonyl (C=O) groups excluding carboxylic acids is 1. The van der Waals surface area contributed by atoms with Gasteiger partial charge < -0.3 is 14.8 Å². The van der Waals surface area contributed by atoms with Gasteiger partial charge in [0.1, 0.15) is 11.5 Å². The predicted octanol–water partition coefficient (Wildman–Crippen LogP) is 5.38. The first-order valence-electron chi connectivity index (χ1n) is 10.8. The summed E-state index contributed by atoms with van der Waals surface area (Å²) in [4.78, 5) is 24.9. The SMILES string of the molecule is CC(=O)c1[nH]c(-c2ccc(N3CCC(CN(C)C)CC3)cc2)nc1-c1ccc(Cl)cc1. The van der Waals surface area contributed by atoms with Gasteiger partial charge in [0.2, 0.25) is 0 Å². The van der Waals surface area contributed by atoms with Gasteiger partial charge in [-0.3, -0.25) is 4.79 Å². The summed E-state index contributed by atoms with van der Waals surface area (Å²) in [5.74, 6) is 1.44. The van der Waals surface area contributed by atoms with E-state index in [2.05, 4.69) is 53.1 Å². The molecule has 1 saturated heterocycles. The molecule has 2 aromatic carbocycles. The van der Waals surface area contributed by atoms with Crippen molar-refractivity contribution in [3.05, 3.63) is 59.2 Å². The quantitative estimate of drug-likeness (QED) is 0.527. The molecule has 1 aliphatic rings. The van der Waals surface area contributed by atoms with Crippen molar-refractivity contribution < 1.29 is 4.79 Å². The number of nitrogens with zero attached hydrogens (tertiary/aromatic N) is 3. The van der Waals surface area contributed by atoms with Crippen LogP contribution in [0.5, 0.6) is 0 Å². The molecule has 0 radical (unpaired) electrons. The Kier molecular flexibility index (Phi) is 6.44. The van der Waals surface area contributed by atoms with Crippen molar-refractivity contribution in [2.75, 3.05) is 38.6 Å². The Bertz CT molecular complexity index is 1030. The summed E-state index contributed by atoms with van der Waals surface area (Å²) in [5, 5.41) is 0.658. The van der Waals surface area contributed by atoms with E-state index in [-0.39, 0.29) is 5.78 Å². The first-order chi connectivity index (χ1) is 14.9. The highest BCUT2D eigenvalue weighted by Crippen LogP contribution is 2.30. The molecule has 1 aliphatic heterocycles. The van der Waals surface area contributed by atoms with Crippen LogP contribution in [0, 0.1) is 5.92 Å². The number of piperidine rings is 1. The predicted molar refractivity (Wildman–Crippen MR) is 128 cm³/mol. The second-order valence-corrected chi connectivity index (χ2v) is 9.05. The van der Waals surface area contributed by atoms with E-state index in [9.17, 15) is 4.79 Å². The summed E-state index contributed by atoms with van der Waals surface area (Å²) >= 11 is 6.01. The van der Waals surface area contributed by atoms with E-state index in [1.165, 1.54) is 25.1 Å². The molecule has 31 heavy (non-hydrogen) atoms. The first kappa shape index (κ1) is 21.6. The molecule has 0 spiro atoms. The van der Waals surface area contributed by atoms with E-state index in [0.29, 0.717) is 22.2 Å². The van der Waals surface area contributed by atoms with Crippen LogP contribution in [0.4, 0.5) is 5.69 Å². The topological polar surface area (TPSA) is 52.2 Å². The zero-order chi connectivity index (χ0) is 22.0. The Morgan fingerprint density at radius 2 is 1.68 bits per heavy atom. The molecular formula is C25H29ClN4O. The molecule has 162 valence electrons. The number of anilines is 1. The molecule has 1 aromatic heterocycles. The normalized spacial score (nSPS) is 14.9. The van der Waals surface area contributed by atoms with E-state index in [1.807, 2.05) is 24.3 Å². The minimum atomic E-state index is -0.0408. The fourth-order valence-corrected chi connectivity index (χ4v) is 4.43. The van der Waals surface area contributed by atoms with E-state index in [0.717, 1.165) is 30.1 Å². The van der Waals surface area contributed by atoms with Crippen molar-refractivity contribution in [2.24, 2.45) is 5.92 Å². The van der Waals surface area contributed by atoms with Gasteiger partial charge in [0.05, 0.1) is 5.69 Å². The van der Waals surface area contributed by atoms with Gasteiger partial charge in [-0.05, 0) is 69.3 Å². The molecule has 3 aromatic rings. The van der Waals surface area contributed by atoms with Crippen molar-refractivity contribution in [1.29, 1.82) is 0 Å². The van der Waals surface area contributed by atoms with Gasteiger partial charge in [0, 0.05) is 48.4 Å². The standard InChI is InChI=1S/C25H29ClN4O/c1-17(31)23-24(19-4-8-21(26)9-5-19)28-25(27-23)20-6-10-22(11-7-20)30-14-12-18(13-15-30)16-29(2)3/h4-11,18H,12-16H2,1-3H3,(H,27,28). The number of ketones is 1. The first-order valence-corrected chi connectivity index (χ1v) is 11.2. The molecule has 6 heteroatoms. The van der Waals surface area contributed by atoms with Crippen LogP contribution >= 0.6 is 11.6 Å². The number of aromatic amines is 1. The zero-order valence-corrected chi connectivity index (χ0v) is 19.1. The van der Waals surface area contributed by atoms with Crippen molar-refractivity contribution in [1.82, 2.24) is 14.9 Å². The lowest BCUT2D eigenvalue weighted by molar-refractivity contribution is 0.101. The third kappa shape index (κ3) is 5.00. The fraction of sp³-hybridized carbons (Fsp3) is 0.360.